The minimum absolute atomic E-state index is 0.101. The van der Waals surface area contributed by atoms with E-state index in [2.05, 4.69) is 21.4 Å². The predicted octanol–water partition coefficient (Wildman–Crippen LogP) is 2.62. The van der Waals surface area contributed by atoms with Crippen molar-refractivity contribution in [2.75, 3.05) is 32.7 Å². The van der Waals surface area contributed by atoms with Crippen LogP contribution in [0.4, 0.5) is 0 Å². The van der Waals surface area contributed by atoms with Gasteiger partial charge in [0.1, 0.15) is 5.82 Å². The fourth-order valence-electron chi connectivity index (χ4n) is 2.87. The molecule has 0 N–H and O–H groups in total. The number of carbonyl (C=O) groups is 1. The minimum Gasteiger partial charge on any atom is -0.335 e. The van der Waals surface area contributed by atoms with Gasteiger partial charge in [-0.3, -0.25) is 9.69 Å². The van der Waals surface area contributed by atoms with Crippen molar-refractivity contribution in [2.45, 2.75) is 19.9 Å². The zero-order chi connectivity index (χ0) is 16.2. The first kappa shape index (κ1) is 16.5. The van der Waals surface area contributed by atoms with Crippen LogP contribution in [0.3, 0.4) is 0 Å². The molecule has 0 bridgehead atoms. The first-order chi connectivity index (χ1) is 11.2. The summed E-state index contributed by atoms with van der Waals surface area (Å²) in [5.74, 6) is 1.23. The van der Waals surface area contributed by atoms with Crippen molar-refractivity contribution in [3.8, 4) is 0 Å². The molecule has 0 aliphatic carbocycles. The van der Waals surface area contributed by atoms with E-state index in [4.69, 9.17) is 11.6 Å². The number of rotatable bonds is 5. The number of carbonyl (C=O) groups excluding carboxylic acids is 1. The molecule has 5 nitrogen and oxygen atoms in total. The standard InChI is InChI=1S/C16H21ClN4OS/c1-2-15-18-5-6-20(15)10-7-19-8-11-21(12-9-19)16(22)13-3-4-14(17)23-13/h3-6H,2,7-12H2,1H3. The van der Waals surface area contributed by atoms with Gasteiger partial charge in [0.05, 0.1) is 9.21 Å². The van der Waals surface area contributed by atoms with Gasteiger partial charge in [-0.25, -0.2) is 4.98 Å². The van der Waals surface area contributed by atoms with Crippen LogP contribution in [0.1, 0.15) is 22.4 Å². The van der Waals surface area contributed by atoms with Crippen LogP contribution in [0.25, 0.3) is 0 Å². The molecule has 0 aromatic carbocycles. The zero-order valence-corrected chi connectivity index (χ0v) is 14.8. The van der Waals surface area contributed by atoms with Crippen molar-refractivity contribution >= 4 is 28.8 Å². The van der Waals surface area contributed by atoms with E-state index >= 15 is 0 Å². The third-order valence-corrected chi connectivity index (χ3v) is 5.44. The van der Waals surface area contributed by atoms with Gasteiger partial charge in [-0.05, 0) is 12.1 Å². The van der Waals surface area contributed by atoms with Crippen LogP contribution in [0.5, 0.6) is 0 Å². The molecule has 0 spiro atoms. The molecule has 0 saturated carbocycles. The first-order valence-corrected chi connectivity index (χ1v) is 9.14. The summed E-state index contributed by atoms with van der Waals surface area (Å²) in [4.78, 5) is 21.8. The topological polar surface area (TPSA) is 41.4 Å². The van der Waals surface area contributed by atoms with Crippen LogP contribution < -0.4 is 0 Å². The lowest BCUT2D eigenvalue weighted by Gasteiger charge is -2.34. The Bertz CT molecular complexity index is 661. The molecule has 3 heterocycles. The number of halogens is 1. The van der Waals surface area contributed by atoms with Gasteiger partial charge in [0.15, 0.2) is 0 Å². The Balaban J connectivity index is 1.48. The fourth-order valence-corrected chi connectivity index (χ4v) is 3.88. The summed E-state index contributed by atoms with van der Waals surface area (Å²) < 4.78 is 2.88. The highest BCUT2D eigenvalue weighted by atomic mass is 35.5. The van der Waals surface area contributed by atoms with Gasteiger partial charge in [-0.15, -0.1) is 11.3 Å². The maximum absolute atomic E-state index is 12.4. The molecule has 124 valence electrons. The number of amides is 1. The highest BCUT2D eigenvalue weighted by molar-refractivity contribution is 7.17. The van der Waals surface area contributed by atoms with E-state index < -0.39 is 0 Å². The average molecular weight is 353 g/mol. The van der Waals surface area contributed by atoms with Crippen LogP contribution in [-0.2, 0) is 13.0 Å². The van der Waals surface area contributed by atoms with E-state index in [1.807, 2.05) is 23.4 Å². The Morgan fingerprint density at radius 3 is 2.70 bits per heavy atom. The summed E-state index contributed by atoms with van der Waals surface area (Å²) in [6.07, 6.45) is 4.86. The summed E-state index contributed by atoms with van der Waals surface area (Å²) in [6.45, 7) is 7.47. The molecule has 0 radical (unpaired) electrons. The van der Waals surface area contributed by atoms with Gasteiger partial charge in [0, 0.05) is 58.1 Å². The second-order valence-corrected chi connectivity index (χ2v) is 7.34. The van der Waals surface area contributed by atoms with Crippen molar-refractivity contribution in [3.63, 3.8) is 0 Å². The normalized spacial score (nSPS) is 16.0. The molecule has 3 rings (SSSR count). The number of aryl methyl sites for hydroxylation is 1. The zero-order valence-electron chi connectivity index (χ0n) is 13.2. The van der Waals surface area contributed by atoms with E-state index in [1.165, 1.54) is 11.3 Å². The van der Waals surface area contributed by atoms with Gasteiger partial charge < -0.3 is 9.47 Å². The van der Waals surface area contributed by atoms with Crippen molar-refractivity contribution < 1.29 is 4.79 Å². The Kier molecular flexibility index (Phi) is 5.35. The first-order valence-electron chi connectivity index (χ1n) is 7.94. The van der Waals surface area contributed by atoms with Crippen molar-refractivity contribution in [1.82, 2.24) is 19.4 Å². The van der Waals surface area contributed by atoms with E-state index in [1.54, 1.807) is 6.07 Å². The van der Waals surface area contributed by atoms with E-state index in [0.717, 1.165) is 56.4 Å². The molecule has 23 heavy (non-hydrogen) atoms. The van der Waals surface area contributed by atoms with Crippen LogP contribution in [0.15, 0.2) is 24.5 Å². The van der Waals surface area contributed by atoms with E-state index in [9.17, 15) is 4.79 Å². The van der Waals surface area contributed by atoms with Crippen LogP contribution in [0.2, 0.25) is 4.34 Å². The summed E-state index contributed by atoms with van der Waals surface area (Å²) in [6, 6.07) is 3.60. The van der Waals surface area contributed by atoms with Crippen LogP contribution >= 0.6 is 22.9 Å². The number of hydrogen-bond donors (Lipinski definition) is 0. The number of thiophene rings is 1. The van der Waals surface area contributed by atoms with Crippen LogP contribution in [0, 0.1) is 0 Å². The predicted molar refractivity (Wildman–Crippen MR) is 93.3 cm³/mol. The van der Waals surface area contributed by atoms with Gasteiger partial charge in [0.25, 0.3) is 5.91 Å². The molecule has 1 amide bonds. The van der Waals surface area contributed by atoms with Crippen molar-refractivity contribution in [1.29, 1.82) is 0 Å². The van der Waals surface area contributed by atoms with Gasteiger partial charge in [-0.2, -0.15) is 0 Å². The average Bonchev–Trinajstić information content (AvgIpc) is 3.21. The Hall–Kier alpha value is -1.37. The maximum atomic E-state index is 12.4. The third kappa shape index (κ3) is 3.94. The highest BCUT2D eigenvalue weighted by Crippen LogP contribution is 2.23. The highest BCUT2D eigenvalue weighted by Gasteiger charge is 2.23. The lowest BCUT2D eigenvalue weighted by molar-refractivity contribution is 0.0638. The number of piperazine rings is 1. The molecule has 1 saturated heterocycles. The molecule has 0 unspecified atom stereocenters. The molecular weight excluding hydrogens is 332 g/mol. The molecule has 1 fully saturated rings. The molecular formula is C16H21ClN4OS. The molecule has 7 heteroatoms. The van der Waals surface area contributed by atoms with Crippen molar-refractivity contribution in [2.24, 2.45) is 0 Å². The lowest BCUT2D eigenvalue weighted by Crippen LogP contribution is -2.49. The van der Waals surface area contributed by atoms with Gasteiger partial charge >= 0.3 is 0 Å². The Morgan fingerprint density at radius 2 is 2.04 bits per heavy atom. The minimum atomic E-state index is 0.101. The summed E-state index contributed by atoms with van der Waals surface area (Å²) >= 11 is 7.27. The Morgan fingerprint density at radius 1 is 1.26 bits per heavy atom. The number of nitrogens with zero attached hydrogens (tertiary/aromatic N) is 4. The summed E-state index contributed by atoms with van der Waals surface area (Å²) in [5.41, 5.74) is 0. The largest absolute Gasteiger partial charge is 0.335 e. The summed E-state index contributed by atoms with van der Waals surface area (Å²) in [5, 5.41) is 0. The quantitative estimate of drug-likeness (QED) is 0.830. The third-order valence-electron chi connectivity index (χ3n) is 4.22. The number of aromatic nitrogens is 2. The van der Waals surface area contributed by atoms with E-state index in [-0.39, 0.29) is 5.91 Å². The maximum Gasteiger partial charge on any atom is 0.264 e. The van der Waals surface area contributed by atoms with Gasteiger partial charge in [-0.1, -0.05) is 18.5 Å². The second-order valence-electron chi connectivity index (χ2n) is 5.63. The molecule has 1 aliphatic heterocycles. The molecule has 0 atom stereocenters. The fraction of sp³-hybridized carbons (Fsp3) is 0.500. The SMILES string of the molecule is CCc1nccn1CCN1CCN(C(=O)c2ccc(Cl)s2)CC1. The lowest BCUT2D eigenvalue weighted by atomic mass is 10.3. The summed E-state index contributed by atoms with van der Waals surface area (Å²) in [7, 11) is 0. The number of imidazole rings is 1. The number of hydrogen-bond acceptors (Lipinski definition) is 4. The van der Waals surface area contributed by atoms with Gasteiger partial charge in [0.2, 0.25) is 0 Å². The molecule has 1 aliphatic rings. The molecule has 2 aromatic heterocycles. The molecule has 2 aromatic rings. The van der Waals surface area contributed by atoms with E-state index in [0.29, 0.717) is 4.34 Å². The Labute approximate surface area is 145 Å². The smallest absolute Gasteiger partial charge is 0.264 e. The second kappa shape index (κ2) is 7.47. The van der Waals surface area contributed by atoms with Crippen molar-refractivity contribution in [3.05, 3.63) is 39.6 Å². The van der Waals surface area contributed by atoms with Crippen LogP contribution in [-0.4, -0.2) is 58.0 Å². The monoisotopic (exact) mass is 352 g/mol.